The van der Waals surface area contributed by atoms with Gasteiger partial charge in [-0.2, -0.15) is 0 Å². The molecule has 17 heavy (non-hydrogen) atoms. The van der Waals surface area contributed by atoms with E-state index in [0.29, 0.717) is 11.9 Å². The Balaban J connectivity index is 2.48. The smallest absolute Gasteiger partial charge is 0.216 e. The van der Waals surface area contributed by atoms with Crippen molar-refractivity contribution in [2.45, 2.75) is 45.1 Å². The number of aromatic nitrogens is 2. The molecule has 1 aromatic heterocycles. The summed E-state index contributed by atoms with van der Waals surface area (Å²) in [6, 6.07) is 2.39. The first-order valence-corrected chi connectivity index (χ1v) is 6.32. The first-order chi connectivity index (χ1) is 8.30. The zero-order chi connectivity index (χ0) is 12.5. The van der Waals surface area contributed by atoms with Gasteiger partial charge in [-0.05, 0) is 13.5 Å². The van der Waals surface area contributed by atoms with Crippen molar-refractivity contribution in [2.75, 3.05) is 14.2 Å². The average molecular weight is 237 g/mol. The molecule has 1 unspecified atom stereocenters. The molecular formula is C13H23N3O. The maximum absolute atomic E-state index is 5.10. The highest BCUT2D eigenvalue weighted by Crippen LogP contribution is 2.11. The van der Waals surface area contributed by atoms with E-state index in [9.17, 15) is 0 Å². The highest BCUT2D eigenvalue weighted by atomic mass is 16.5. The van der Waals surface area contributed by atoms with E-state index in [1.165, 1.54) is 25.7 Å². The fourth-order valence-corrected chi connectivity index (χ4v) is 1.84. The van der Waals surface area contributed by atoms with Crippen LogP contribution in [-0.2, 0) is 6.42 Å². The van der Waals surface area contributed by atoms with Gasteiger partial charge in [-0.3, -0.25) is 0 Å². The molecule has 4 heteroatoms. The minimum Gasteiger partial charge on any atom is -0.481 e. The number of nitrogens with one attached hydrogen (secondary N) is 1. The lowest BCUT2D eigenvalue weighted by atomic mass is 10.0. The Bertz CT molecular complexity index is 317. The van der Waals surface area contributed by atoms with Crippen LogP contribution in [0, 0.1) is 0 Å². The van der Waals surface area contributed by atoms with Gasteiger partial charge in [-0.15, -0.1) is 0 Å². The van der Waals surface area contributed by atoms with E-state index in [0.717, 1.165) is 12.1 Å². The zero-order valence-corrected chi connectivity index (χ0v) is 11.1. The summed E-state index contributed by atoms with van der Waals surface area (Å²) in [4.78, 5) is 8.28. The summed E-state index contributed by atoms with van der Waals surface area (Å²) in [5.74, 6) is 0.637. The van der Waals surface area contributed by atoms with E-state index >= 15 is 0 Å². The molecule has 0 fully saturated rings. The number of likely N-dealkylation sites (N-methyl/N-ethyl adjacent to an activating group) is 1. The Kier molecular flexibility index (Phi) is 6.55. The van der Waals surface area contributed by atoms with Crippen LogP contribution in [0.1, 0.15) is 38.3 Å². The summed E-state index contributed by atoms with van der Waals surface area (Å²) in [5.41, 5.74) is 1.03. The molecule has 96 valence electrons. The molecule has 1 rings (SSSR count). The molecule has 1 heterocycles. The van der Waals surface area contributed by atoms with E-state index in [1.807, 2.05) is 13.1 Å². The van der Waals surface area contributed by atoms with Crippen LogP contribution in [0.4, 0.5) is 0 Å². The number of hydrogen-bond acceptors (Lipinski definition) is 4. The van der Waals surface area contributed by atoms with Crippen LogP contribution in [0.2, 0.25) is 0 Å². The van der Waals surface area contributed by atoms with Crippen LogP contribution >= 0.6 is 0 Å². The van der Waals surface area contributed by atoms with Gasteiger partial charge >= 0.3 is 0 Å². The highest BCUT2D eigenvalue weighted by molar-refractivity contribution is 5.14. The number of hydrogen-bond donors (Lipinski definition) is 1. The molecule has 0 radical (unpaired) electrons. The van der Waals surface area contributed by atoms with Gasteiger partial charge in [0, 0.05) is 24.2 Å². The van der Waals surface area contributed by atoms with Crippen molar-refractivity contribution in [2.24, 2.45) is 0 Å². The standard InChI is InChI=1S/C13H23N3O/c1-4-5-6-7-11(14-2)8-12-9-13(17-3)16-10-15-12/h9-11,14H,4-8H2,1-3H3. The number of nitrogens with zero attached hydrogens (tertiary/aromatic N) is 2. The van der Waals surface area contributed by atoms with E-state index in [4.69, 9.17) is 4.74 Å². The van der Waals surface area contributed by atoms with Crippen molar-refractivity contribution in [3.05, 3.63) is 18.1 Å². The van der Waals surface area contributed by atoms with Crippen LogP contribution in [0.3, 0.4) is 0 Å². The number of rotatable bonds is 8. The third-order valence-electron chi connectivity index (χ3n) is 2.93. The molecule has 1 N–H and O–H groups in total. The largest absolute Gasteiger partial charge is 0.481 e. The molecule has 0 bridgehead atoms. The Labute approximate surface area is 104 Å². The summed E-state index contributed by atoms with van der Waals surface area (Å²) >= 11 is 0. The predicted octanol–water partition coefficient (Wildman–Crippen LogP) is 2.20. The molecular weight excluding hydrogens is 214 g/mol. The lowest BCUT2D eigenvalue weighted by Crippen LogP contribution is -2.27. The second-order valence-electron chi connectivity index (χ2n) is 4.24. The molecule has 0 aromatic carbocycles. The Hall–Kier alpha value is -1.16. The molecule has 1 atom stereocenters. The molecule has 0 saturated heterocycles. The van der Waals surface area contributed by atoms with Crippen molar-refractivity contribution in [3.8, 4) is 5.88 Å². The van der Waals surface area contributed by atoms with Crippen LogP contribution in [-0.4, -0.2) is 30.2 Å². The number of unbranched alkanes of at least 4 members (excludes halogenated alkanes) is 2. The van der Waals surface area contributed by atoms with E-state index in [2.05, 4.69) is 22.2 Å². The van der Waals surface area contributed by atoms with Crippen LogP contribution in [0.15, 0.2) is 12.4 Å². The second kappa shape index (κ2) is 8.01. The third-order valence-corrected chi connectivity index (χ3v) is 2.93. The van der Waals surface area contributed by atoms with E-state index < -0.39 is 0 Å². The lowest BCUT2D eigenvalue weighted by Gasteiger charge is -2.15. The molecule has 0 aliphatic carbocycles. The minimum absolute atomic E-state index is 0.487. The van der Waals surface area contributed by atoms with Crippen molar-refractivity contribution in [3.63, 3.8) is 0 Å². The van der Waals surface area contributed by atoms with Crippen molar-refractivity contribution in [1.29, 1.82) is 0 Å². The predicted molar refractivity (Wildman–Crippen MR) is 69.3 cm³/mol. The Morgan fingerprint density at radius 2 is 2.18 bits per heavy atom. The van der Waals surface area contributed by atoms with Gasteiger partial charge in [0.2, 0.25) is 5.88 Å². The average Bonchev–Trinajstić information content (AvgIpc) is 2.38. The molecule has 0 saturated carbocycles. The lowest BCUT2D eigenvalue weighted by molar-refractivity contribution is 0.395. The number of ether oxygens (including phenoxy) is 1. The SMILES string of the molecule is CCCCCC(Cc1cc(OC)ncn1)NC. The molecule has 0 spiro atoms. The van der Waals surface area contributed by atoms with Gasteiger partial charge in [0.15, 0.2) is 0 Å². The maximum Gasteiger partial charge on any atom is 0.216 e. The first kappa shape index (κ1) is 13.9. The molecule has 4 nitrogen and oxygen atoms in total. The van der Waals surface area contributed by atoms with E-state index in [1.54, 1.807) is 13.4 Å². The van der Waals surface area contributed by atoms with Gasteiger partial charge in [0.1, 0.15) is 6.33 Å². The Morgan fingerprint density at radius 1 is 1.35 bits per heavy atom. The van der Waals surface area contributed by atoms with Gasteiger partial charge in [-0.1, -0.05) is 26.2 Å². The van der Waals surface area contributed by atoms with Crippen LogP contribution in [0.5, 0.6) is 5.88 Å². The molecule has 1 aromatic rings. The fourth-order valence-electron chi connectivity index (χ4n) is 1.84. The summed E-state index contributed by atoms with van der Waals surface area (Å²) in [6.07, 6.45) is 7.51. The molecule has 0 amide bonds. The zero-order valence-electron chi connectivity index (χ0n) is 11.1. The fraction of sp³-hybridized carbons (Fsp3) is 0.692. The van der Waals surface area contributed by atoms with Crippen molar-refractivity contribution < 1.29 is 4.74 Å². The normalized spacial score (nSPS) is 12.4. The van der Waals surface area contributed by atoms with Crippen molar-refractivity contribution >= 4 is 0 Å². The third kappa shape index (κ3) is 5.13. The van der Waals surface area contributed by atoms with E-state index in [-0.39, 0.29) is 0 Å². The summed E-state index contributed by atoms with van der Waals surface area (Å²) in [6.45, 7) is 2.23. The van der Waals surface area contributed by atoms with Gasteiger partial charge in [0.25, 0.3) is 0 Å². The Morgan fingerprint density at radius 3 is 2.82 bits per heavy atom. The maximum atomic E-state index is 5.10. The molecule has 0 aliphatic heterocycles. The van der Waals surface area contributed by atoms with Gasteiger partial charge < -0.3 is 10.1 Å². The highest BCUT2D eigenvalue weighted by Gasteiger charge is 2.08. The first-order valence-electron chi connectivity index (χ1n) is 6.32. The van der Waals surface area contributed by atoms with Crippen LogP contribution in [0.25, 0.3) is 0 Å². The minimum atomic E-state index is 0.487. The van der Waals surface area contributed by atoms with Gasteiger partial charge in [-0.25, -0.2) is 9.97 Å². The van der Waals surface area contributed by atoms with Crippen LogP contribution < -0.4 is 10.1 Å². The monoisotopic (exact) mass is 237 g/mol. The summed E-state index contributed by atoms with van der Waals surface area (Å²) in [5, 5.41) is 3.35. The number of methoxy groups -OCH3 is 1. The van der Waals surface area contributed by atoms with Crippen molar-refractivity contribution in [1.82, 2.24) is 15.3 Å². The summed E-state index contributed by atoms with van der Waals surface area (Å²) in [7, 11) is 3.64. The second-order valence-corrected chi connectivity index (χ2v) is 4.24. The molecule has 0 aliphatic rings. The summed E-state index contributed by atoms with van der Waals surface area (Å²) < 4.78 is 5.10. The quantitative estimate of drug-likeness (QED) is 0.704. The topological polar surface area (TPSA) is 47.0 Å². The van der Waals surface area contributed by atoms with Gasteiger partial charge in [0.05, 0.1) is 7.11 Å².